The number of cyclic esters (lactones) is 1. The number of benzene rings is 2. The summed E-state index contributed by atoms with van der Waals surface area (Å²) in [5.41, 5.74) is 6.03. The van der Waals surface area contributed by atoms with E-state index in [2.05, 4.69) is 48.3 Å². The van der Waals surface area contributed by atoms with Crippen LogP contribution in [0.2, 0.25) is 0 Å². The van der Waals surface area contributed by atoms with Gasteiger partial charge < -0.3 is 19.5 Å². The highest BCUT2D eigenvalue weighted by atomic mass is 16.6. The van der Waals surface area contributed by atoms with E-state index in [1.807, 2.05) is 24.1 Å². The maximum Gasteiger partial charge on any atom is 0.410 e. The summed E-state index contributed by atoms with van der Waals surface area (Å²) in [6.45, 7) is 10.3. The third-order valence-corrected chi connectivity index (χ3v) is 7.01. The van der Waals surface area contributed by atoms with Crippen LogP contribution in [-0.4, -0.2) is 75.0 Å². The number of carbonyl (C=O) groups is 1. The zero-order valence-corrected chi connectivity index (χ0v) is 21.3. The van der Waals surface area contributed by atoms with Gasteiger partial charge in [-0.2, -0.15) is 0 Å². The standard InChI is InChI=1S/C28H39N3O4/c1-4-23-8-6-21(16-24(23)5-2)17-25-20-35-28(32)31(25)19-22-7-9-27(26(18-22)29-3)34-15-12-30-10-13-33-14-11-30/h6-9,16,18,25,29H,4-5,10-15,17,19-20H2,1-3H3. The Morgan fingerprint density at radius 1 is 1.03 bits per heavy atom. The Morgan fingerprint density at radius 2 is 1.80 bits per heavy atom. The van der Waals surface area contributed by atoms with E-state index in [-0.39, 0.29) is 12.1 Å². The fourth-order valence-corrected chi connectivity index (χ4v) is 4.91. The van der Waals surface area contributed by atoms with Crippen LogP contribution in [0.15, 0.2) is 36.4 Å². The van der Waals surface area contributed by atoms with E-state index in [1.54, 1.807) is 0 Å². The molecule has 0 radical (unpaired) electrons. The van der Waals surface area contributed by atoms with Crippen LogP contribution in [-0.2, 0) is 35.3 Å². The van der Waals surface area contributed by atoms with Gasteiger partial charge in [-0.3, -0.25) is 9.80 Å². The SMILES string of the molecule is CCc1ccc(CC2COC(=O)N2Cc2ccc(OCCN3CCOCC3)c(NC)c2)cc1CC. The number of hydrogen-bond donors (Lipinski definition) is 1. The van der Waals surface area contributed by atoms with Crippen molar-refractivity contribution in [3.8, 4) is 5.75 Å². The Labute approximate surface area is 209 Å². The highest BCUT2D eigenvalue weighted by molar-refractivity contribution is 5.70. The van der Waals surface area contributed by atoms with Crippen LogP contribution < -0.4 is 10.1 Å². The Kier molecular flexibility index (Phi) is 8.88. The maximum atomic E-state index is 12.6. The van der Waals surface area contributed by atoms with Crippen molar-refractivity contribution in [2.75, 3.05) is 58.4 Å². The molecule has 1 unspecified atom stereocenters. The van der Waals surface area contributed by atoms with E-state index < -0.39 is 0 Å². The van der Waals surface area contributed by atoms with Crippen molar-refractivity contribution in [2.45, 2.75) is 45.7 Å². The first kappa shape index (κ1) is 25.3. The Balaban J connectivity index is 1.38. The summed E-state index contributed by atoms with van der Waals surface area (Å²) < 4.78 is 16.9. The molecule has 7 heteroatoms. The van der Waals surface area contributed by atoms with Gasteiger partial charge in [0.05, 0.1) is 24.9 Å². The van der Waals surface area contributed by atoms with Gasteiger partial charge in [-0.25, -0.2) is 4.79 Å². The van der Waals surface area contributed by atoms with Gasteiger partial charge in [0, 0.05) is 33.2 Å². The first-order chi connectivity index (χ1) is 17.1. The lowest BCUT2D eigenvalue weighted by Crippen LogP contribution is -2.38. The number of anilines is 1. The van der Waals surface area contributed by atoms with Crippen molar-refractivity contribution in [3.05, 3.63) is 58.7 Å². The molecule has 2 fully saturated rings. The summed E-state index contributed by atoms with van der Waals surface area (Å²) in [6.07, 6.45) is 2.62. The van der Waals surface area contributed by atoms with Gasteiger partial charge >= 0.3 is 6.09 Å². The number of hydrogen-bond acceptors (Lipinski definition) is 6. The van der Waals surface area contributed by atoms with Crippen LogP contribution in [0, 0.1) is 0 Å². The molecular weight excluding hydrogens is 442 g/mol. The molecule has 1 amide bonds. The molecule has 2 heterocycles. The molecule has 2 aromatic rings. The van der Waals surface area contributed by atoms with Crippen molar-refractivity contribution in [1.82, 2.24) is 9.80 Å². The molecule has 1 atom stereocenters. The Bertz CT molecular complexity index is 990. The molecule has 1 N–H and O–H groups in total. The molecule has 0 aromatic heterocycles. The fourth-order valence-electron chi connectivity index (χ4n) is 4.91. The number of nitrogens with one attached hydrogen (secondary N) is 1. The van der Waals surface area contributed by atoms with E-state index in [0.29, 0.717) is 19.8 Å². The number of nitrogens with zero attached hydrogens (tertiary/aromatic N) is 2. The second-order valence-electron chi connectivity index (χ2n) is 9.26. The monoisotopic (exact) mass is 481 g/mol. The van der Waals surface area contributed by atoms with Gasteiger partial charge in [0.2, 0.25) is 0 Å². The Morgan fingerprint density at radius 3 is 2.54 bits per heavy atom. The number of carbonyl (C=O) groups excluding carboxylic acids is 1. The van der Waals surface area contributed by atoms with Crippen LogP contribution in [0.4, 0.5) is 10.5 Å². The lowest BCUT2D eigenvalue weighted by atomic mass is 9.96. The molecule has 2 aliphatic rings. The lowest BCUT2D eigenvalue weighted by Gasteiger charge is -2.26. The molecule has 2 aromatic carbocycles. The van der Waals surface area contributed by atoms with Gasteiger partial charge in [-0.05, 0) is 53.6 Å². The largest absolute Gasteiger partial charge is 0.490 e. The van der Waals surface area contributed by atoms with Gasteiger partial charge in [0.25, 0.3) is 0 Å². The molecule has 0 spiro atoms. The quantitative estimate of drug-likeness (QED) is 0.521. The van der Waals surface area contributed by atoms with Crippen LogP contribution >= 0.6 is 0 Å². The summed E-state index contributed by atoms with van der Waals surface area (Å²) in [6, 6.07) is 12.9. The molecule has 7 nitrogen and oxygen atoms in total. The molecule has 35 heavy (non-hydrogen) atoms. The predicted octanol–water partition coefficient (Wildman–Crippen LogP) is 4.13. The predicted molar refractivity (Wildman–Crippen MR) is 138 cm³/mol. The molecule has 2 aliphatic heterocycles. The Hall–Kier alpha value is -2.77. The van der Waals surface area contributed by atoms with Crippen molar-refractivity contribution in [1.29, 1.82) is 0 Å². The minimum absolute atomic E-state index is 0.0298. The van der Waals surface area contributed by atoms with Gasteiger partial charge in [-0.1, -0.05) is 38.1 Å². The lowest BCUT2D eigenvalue weighted by molar-refractivity contribution is 0.0323. The zero-order chi connectivity index (χ0) is 24.6. The molecule has 190 valence electrons. The van der Waals surface area contributed by atoms with Gasteiger partial charge in [-0.15, -0.1) is 0 Å². The van der Waals surface area contributed by atoms with Gasteiger partial charge in [0.15, 0.2) is 0 Å². The average molecular weight is 482 g/mol. The highest BCUT2D eigenvalue weighted by Crippen LogP contribution is 2.28. The maximum absolute atomic E-state index is 12.6. The summed E-state index contributed by atoms with van der Waals surface area (Å²) in [5.74, 6) is 0.827. The van der Waals surface area contributed by atoms with Crippen LogP contribution in [0.3, 0.4) is 0 Å². The number of amides is 1. The van der Waals surface area contributed by atoms with Crippen LogP contribution in [0.1, 0.15) is 36.1 Å². The molecule has 0 saturated carbocycles. The third-order valence-electron chi connectivity index (χ3n) is 7.01. The number of morpholine rings is 1. The second kappa shape index (κ2) is 12.3. The summed E-state index contributed by atoms with van der Waals surface area (Å²) in [5, 5.41) is 3.24. The first-order valence-electron chi connectivity index (χ1n) is 12.9. The molecule has 0 aliphatic carbocycles. The van der Waals surface area contributed by atoms with E-state index in [9.17, 15) is 4.79 Å². The van der Waals surface area contributed by atoms with E-state index in [0.717, 1.165) is 69.1 Å². The van der Waals surface area contributed by atoms with Crippen molar-refractivity contribution < 1.29 is 19.0 Å². The summed E-state index contributed by atoms with van der Waals surface area (Å²) in [4.78, 5) is 16.8. The topological polar surface area (TPSA) is 63.3 Å². The van der Waals surface area contributed by atoms with Gasteiger partial charge in [0.1, 0.15) is 19.0 Å². The highest BCUT2D eigenvalue weighted by Gasteiger charge is 2.33. The number of ether oxygens (including phenoxy) is 3. The summed E-state index contributed by atoms with van der Waals surface area (Å²) >= 11 is 0. The van der Waals surface area contributed by atoms with Crippen LogP contribution in [0.5, 0.6) is 5.75 Å². The van der Waals surface area contributed by atoms with Crippen molar-refractivity contribution in [2.24, 2.45) is 0 Å². The minimum atomic E-state index is -0.243. The fraction of sp³-hybridized carbons (Fsp3) is 0.536. The number of rotatable bonds is 11. The number of aryl methyl sites for hydroxylation is 2. The normalized spacial score (nSPS) is 18.5. The third kappa shape index (κ3) is 6.47. The molecule has 0 bridgehead atoms. The molecule has 2 saturated heterocycles. The average Bonchev–Trinajstić information content (AvgIpc) is 3.23. The van der Waals surface area contributed by atoms with Crippen molar-refractivity contribution in [3.63, 3.8) is 0 Å². The van der Waals surface area contributed by atoms with E-state index >= 15 is 0 Å². The zero-order valence-electron chi connectivity index (χ0n) is 21.3. The second-order valence-corrected chi connectivity index (χ2v) is 9.26. The smallest absolute Gasteiger partial charge is 0.410 e. The molecular formula is C28H39N3O4. The minimum Gasteiger partial charge on any atom is -0.490 e. The first-order valence-corrected chi connectivity index (χ1v) is 12.9. The molecule has 4 rings (SSSR count). The summed E-state index contributed by atoms with van der Waals surface area (Å²) in [7, 11) is 1.89. The van der Waals surface area contributed by atoms with E-state index in [1.165, 1.54) is 16.7 Å². The van der Waals surface area contributed by atoms with Crippen LogP contribution in [0.25, 0.3) is 0 Å². The van der Waals surface area contributed by atoms with Crippen molar-refractivity contribution >= 4 is 11.8 Å². The van der Waals surface area contributed by atoms with E-state index in [4.69, 9.17) is 14.2 Å².